The Hall–Kier alpha value is -2.54. The normalized spacial score (nSPS) is 9.85. The molecule has 0 spiro atoms. The third-order valence-electron chi connectivity index (χ3n) is 2.94. The van der Waals surface area contributed by atoms with Crippen LogP contribution in [-0.4, -0.2) is 6.61 Å². The van der Waals surface area contributed by atoms with Gasteiger partial charge in [-0.25, -0.2) is 4.39 Å². The van der Waals surface area contributed by atoms with Gasteiger partial charge in [-0.3, -0.25) is 0 Å². The van der Waals surface area contributed by atoms with Crippen molar-refractivity contribution in [1.29, 1.82) is 5.26 Å². The van der Waals surface area contributed by atoms with Gasteiger partial charge in [0.1, 0.15) is 17.6 Å². The zero-order valence-corrected chi connectivity index (χ0v) is 11.2. The van der Waals surface area contributed by atoms with E-state index in [4.69, 9.17) is 10.00 Å². The van der Waals surface area contributed by atoms with Gasteiger partial charge in [-0.2, -0.15) is 5.26 Å². The monoisotopic (exact) mass is 270 g/mol. The average molecular weight is 270 g/mol. The first-order chi connectivity index (χ1) is 9.72. The number of aryl methyl sites for hydroxylation is 1. The van der Waals surface area contributed by atoms with Crippen molar-refractivity contribution in [1.82, 2.24) is 0 Å². The van der Waals surface area contributed by atoms with Crippen LogP contribution in [0.5, 0.6) is 5.75 Å². The van der Waals surface area contributed by atoms with Crippen LogP contribution in [0.3, 0.4) is 0 Å². The highest BCUT2D eigenvalue weighted by molar-refractivity contribution is 5.52. The van der Waals surface area contributed by atoms with E-state index in [1.165, 1.54) is 6.07 Å². The number of nitrogens with one attached hydrogen (secondary N) is 1. The van der Waals surface area contributed by atoms with Gasteiger partial charge in [-0.05, 0) is 24.6 Å². The third kappa shape index (κ3) is 3.27. The van der Waals surface area contributed by atoms with Crippen molar-refractivity contribution >= 4 is 5.69 Å². The van der Waals surface area contributed by atoms with Gasteiger partial charge < -0.3 is 10.1 Å². The highest BCUT2D eigenvalue weighted by atomic mass is 19.1. The lowest BCUT2D eigenvalue weighted by atomic mass is 10.1. The van der Waals surface area contributed by atoms with Crippen molar-refractivity contribution in [2.75, 3.05) is 11.9 Å². The lowest BCUT2D eigenvalue weighted by Gasteiger charge is -2.13. The van der Waals surface area contributed by atoms with E-state index in [9.17, 15) is 4.39 Å². The molecule has 0 aliphatic rings. The van der Waals surface area contributed by atoms with Gasteiger partial charge in [0.2, 0.25) is 0 Å². The van der Waals surface area contributed by atoms with Gasteiger partial charge in [-0.1, -0.05) is 30.3 Å². The summed E-state index contributed by atoms with van der Waals surface area (Å²) in [6.45, 7) is 2.28. The van der Waals surface area contributed by atoms with E-state index in [1.807, 2.05) is 37.3 Å². The number of nitriles is 1. The van der Waals surface area contributed by atoms with Crippen molar-refractivity contribution in [2.45, 2.75) is 13.5 Å². The summed E-state index contributed by atoms with van der Waals surface area (Å²) in [5.74, 6) is 0.357. The van der Waals surface area contributed by atoms with E-state index in [0.717, 1.165) is 11.1 Å². The van der Waals surface area contributed by atoms with Crippen LogP contribution in [-0.2, 0) is 6.54 Å². The van der Waals surface area contributed by atoms with E-state index < -0.39 is 0 Å². The molecule has 0 bridgehead atoms. The fourth-order valence-electron chi connectivity index (χ4n) is 1.94. The van der Waals surface area contributed by atoms with Gasteiger partial charge in [-0.15, -0.1) is 0 Å². The molecule has 0 saturated heterocycles. The van der Waals surface area contributed by atoms with E-state index in [0.29, 0.717) is 18.0 Å². The number of nitrogens with zero attached hydrogens (tertiary/aromatic N) is 1. The zero-order chi connectivity index (χ0) is 14.4. The molecule has 0 amide bonds. The summed E-state index contributed by atoms with van der Waals surface area (Å²) >= 11 is 0. The molecule has 102 valence electrons. The van der Waals surface area contributed by atoms with E-state index in [-0.39, 0.29) is 12.4 Å². The Morgan fingerprint density at radius 2 is 2.00 bits per heavy atom. The highest BCUT2D eigenvalue weighted by Gasteiger charge is 2.07. The Morgan fingerprint density at radius 3 is 2.75 bits per heavy atom. The van der Waals surface area contributed by atoms with Crippen molar-refractivity contribution in [3.63, 3.8) is 0 Å². The van der Waals surface area contributed by atoms with Crippen LogP contribution in [0.1, 0.15) is 11.1 Å². The van der Waals surface area contributed by atoms with Gasteiger partial charge in [0.15, 0.2) is 6.61 Å². The lowest BCUT2D eigenvalue weighted by molar-refractivity contribution is 0.364. The van der Waals surface area contributed by atoms with Gasteiger partial charge in [0.25, 0.3) is 0 Å². The first kappa shape index (κ1) is 13.9. The summed E-state index contributed by atoms with van der Waals surface area (Å²) in [7, 11) is 0. The van der Waals surface area contributed by atoms with Crippen molar-refractivity contribution in [3.05, 3.63) is 59.4 Å². The minimum absolute atomic E-state index is 0.00423. The molecule has 1 N–H and O–H groups in total. The van der Waals surface area contributed by atoms with Crippen molar-refractivity contribution in [2.24, 2.45) is 0 Å². The molecule has 0 aromatic heterocycles. The Morgan fingerprint density at radius 1 is 1.20 bits per heavy atom. The summed E-state index contributed by atoms with van der Waals surface area (Å²) in [6, 6.07) is 14.3. The predicted molar refractivity (Wildman–Crippen MR) is 76.0 cm³/mol. The lowest BCUT2D eigenvalue weighted by Crippen LogP contribution is -2.05. The molecular weight excluding hydrogens is 255 g/mol. The quantitative estimate of drug-likeness (QED) is 0.902. The smallest absolute Gasteiger partial charge is 0.174 e. The molecule has 0 unspecified atom stereocenters. The summed E-state index contributed by atoms with van der Waals surface area (Å²) in [4.78, 5) is 0. The molecule has 0 aliphatic carbocycles. The van der Waals surface area contributed by atoms with Crippen molar-refractivity contribution < 1.29 is 9.13 Å². The number of hydrogen-bond donors (Lipinski definition) is 1. The second-order valence-electron chi connectivity index (χ2n) is 4.34. The Bertz CT molecular complexity index is 614. The number of hydrogen-bond acceptors (Lipinski definition) is 3. The largest absolute Gasteiger partial charge is 0.478 e. The molecule has 0 radical (unpaired) electrons. The maximum atomic E-state index is 13.7. The molecule has 0 heterocycles. The Balaban J connectivity index is 2.13. The van der Waals surface area contributed by atoms with Gasteiger partial charge >= 0.3 is 0 Å². The maximum absolute atomic E-state index is 13.7. The molecule has 2 aromatic rings. The van der Waals surface area contributed by atoms with Crippen LogP contribution < -0.4 is 10.1 Å². The number of rotatable bonds is 5. The number of benzene rings is 2. The molecular formula is C16H15FN2O. The average Bonchev–Trinajstić information content (AvgIpc) is 2.45. The summed E-state index contributed by atoms with van der Waals surface area (Å²) in [5.41, 5.74) is 2.22. The van der Waals surface area contributed by atoms with Crippen LogP contribution >= 0.6 is 0 Å². The van der Waals surface area contributed by atoms with Crippen LogP contribution in [0.25, 0.3) is 0 Å². The molecule has 0 atom stereocenters. The second-order valence-corrected chi connectivity index (χ2v) is 4.34. The molecule has 4 heteroatoms. The van der Waals surface area contributed by atoms with E-state index in [2.05, 4.69) is 5.32 Å². The fourth-order valence-corrected chi connectivity index (χ4v) is 1.94. The standard InChI is InChI=1S/C16H15FN2O/c1-12-5-4-7-14(17)16(12)19-11-13-6-2-3-8-15(13)20-10-9-18/h2-8,19H,10-11H2,1H3. The van der Waals surface area contributed by atoms with Crippen LogP contribution in [0, 0.1) is 24.1 Å². The molecule has 0 saturated carbocycles. The van der Waals surface area contributed by atoms with Crippen LogP contribution in [0.4, 0.5) is 10.1 Å². The topological polar surface area (TPSA) is 45.0 Å². The Kier molecular flexibility index (Phi) is 4.56. The minimum atomic E-state index is -0.277. The zero-order valence-electron chi connectivity index (χ0n) is 11.2. The SMILES string of the molecule is Cc1cccc(F)c1NCc1ccccc1OCC#N. The number of ether oxygens (including phenoxy) is 1. The molecule has 0 fully saturated rings. The van der Waals surface area contributed by atoms with Gasteiger partial charge in [0, 0.05) is 12.1 Å². The molecule has 2 rings (SSSR count). The van der Waals surface area contributed by atoms with Gasteiger partial charge in [0.05, 0.1) is 5.69 Å². The van der Waals surface area contributed by atoms with Crippen LogP contribution in [0.2, 0.25) is 0 Å². The molecule has 2 aromatic carbocycles. The maximum Gasteiger partial charge on any atom is 0.174 e. The fraction of sp³-hybridized carbons (Fsp3) is 0.188. The summed E-state index contributed by atoms with van der Waals surface area (Å²) in [5, 5.41) is 11.6. The Labute approximate surface area is 117 Å². The number of anilines is 1. The first-order valence-corrected chi connectivity index (χ1v) is 6.29. The predicted octanol–water partition coefficient (Wildman–Crippen LogP) is 3.65. The third-order valence-corrected chi connectivity index (χ3v) is 2.94. The summed E-state index contributed by atoms with van der Waals surface area (Å²) < 4.78 is 19.1. The molecule has 20 heavy (non-hydrogen) atoms. The number of halogens is 1. The first-order valence-electron chi connectivity index (χ1n) is 6.29. The van der Waals surface area contributed by atoms with E-state index in [1.54, 1.807) is 12.1 Å². The molecule has 0 aliphatic heterocycles. The highest BCUT2D eigenvalue weighted by Crippen LogP contribution is 2.23. The number of para-hydroxylation sites is 2. The van der Waals surface area contributed by atoms with Crippen LogP contribution in [0.15, 0.2) is 42.5 Å². The minimum Gasteiger partial charge on any atom is -0.478 e. The summed E-state index contributed by atoms with van der Waals surface area (Å²) in [6.07, 6.45) is 0. The second kappa shape index (κ2) is 6.58. The van der Waals surface area contributed by atoms with E-state index >= 15 is 0 Å². The molecule has 3 nitrogen and oxygen atoms in total. The van der Waals surface area contributed by atoms with Crippen molar-refractivity contribution in [3.8, 4) is 11.8 Å².